The largest absolute Gasteiger partial charge is 0.478 e. The number of nitriles is 2. The third-order valence-corrected chi connectivity index (χ3v) is 3.64. The molecule has 0 spiro atoms. The topological polar surface area (TPSA) is 122 Å². The number of fused-ring (bicyclic) bond motifs is 1. The molecule has 0 aliphatic carbocycles. The van der Waals surface area contributed by atoms with Crippen molar-refractivity contribution < 1.29 is 19.5 Å². The second kappa shape index (κ2) is 5.34. The third kappa shape index (κ3) is 2.09. The van der Waals surface area contributed by atoms with Crippen molar-refractivity contribution in [3.8, 4) is 12.1 Å². The summed E-state index contributed by atoms with van der Waals surface area (Å²) in [7, 11) is 0. The first-order chi connectivity index (χ1) is 11.5. The summed E-state index contributed by atoms with van der Waals surface area (Å²) in [5.41, 5.74) is 0.294. The summed E-state index contributed by atoms with van der Waals surface area (Å²) in [5, 5.41) is 27.0. The number of aromatic carboxylic acids is 1. The van der Waals surface area contributed by atoms with Crippen LogP contribution in [0.15, 0.2) is 36.4 Å². The molecule has 0 radical (unpaired) electrons. The van der Waals surface area contributed by atoms with E-state index >= 15 is 0 Å². The molecule has 0 fully saturated rings. The Kier molecular flexibility index (Phi) is 3.33. The second-order valence-electron chi connectivity index (χ2n) is 4.96. The number of benzene rings is 2. The van der Waals surface area contributed by atoms with Gasteiger partial charge in [-0.25, -0.2) is 9.69 Å². The van der Waals surface area contributed by atoms with Crippen LogP contribution in [0.1, 0.15) is 42.2 Å². The number of carbonyl (C=O) groups is 3. The average Bonchev–Trinajstić information content (AvgIpc) is 2.84. The fourth-order valence-corrected chi connectivity index (χ4v) is 2.47. The van der Waals surface area contributed by atoms with E-state index in [1.165, 1.54) is 30.3 Å². The van der Waals surface area contributed by atoms with E-state index in [0.717, 1.165) is 11.0 Å². The van der Waals surface area contributed by atoms with Crippen LogP contribution >= 0.6 is 0 Å². The normalized spacial score (nSPS) is 12.5. The maximum atomic E-state index is 12.5. The van der Waals surface area contributed by atoms with Crippen molar-refractivity contribution in [2.75, 3.05) is 4.90 Å². The number of nitrogens with zero attached hydrogens (tertiary/aromatic N) is 3. The van der Waals surface area contributed by atoms with E-state index in [-0.39, 0.29) is 33.5 Å². The minimum Gasteiger partial charge on any atom is -0.478 e. The van der Waals surface area contributed by atoms with E-state index in [4.69, 9.17) is 15.6 Å². The van der Waals surface area contributed by atoms with Gasteiger partial charge < -0.3 is 5.11 Å². The molecule has 7 heteroatoms. The molecule has 3 rings (SSSR count). The average molecular weight is 317 g/mol. The maximum Gasteiger partial charge on any atom is 0.335 e. The zero-order chi connectivity index (χ0) is 17.4. The van der Waals surface area contributed by atoms with Gasteiger partial charge in [0.2, 0.25) is 0 Å². The Morgan fingerprint density at radius 1 is 0.917 bits per heavy atom. The Labute approximate surface area is 135 Å². The van der Waals surface area contributed by atoms with Crippen LogP contribution in [0, 0.1) is 22.7 Å². The fourth-order valence-electron chi connectivity index (χ4n) is 2.47. The molecule has 2 aromatic carbocycles. The van der Waals surface area contributed by atoms with E-state index in [9.17, 15) is 14.4 Å². The molecule has 1 N–H and O–H groups in total. The van der Waals surface area contributed by atoms with Crippen LogP contribution in [-0.2, 0) is 0 Å². The SMILES string of the molecule is N#Cc1ccc(N2C(=O)c3ccc(C(=O)O)cc3C2=O)cc1C#N. The van der Waals surface area contributed by atoms with Gasteiger partial charge in [-0.2, -0.15) is 10.5 Å². The molecule has 7 nitrogen and oxygen atoms in total. The van der Waals surface area contributed by atoms with Gasteiger partial charge in [-0.1, -0.05) is 0 Å². The molecule has 2 amide bonds. The molecule has 1 aliphatic heterocycles. The first kappa shape index (κ1) is 14.9. The number of carboxylic acids is 1. The Morgan fingerprint density at radius 2 is 1.58 bits per heavy atom. The summed E-state index contributed by atoms with van der Waals surface area (Å²) >= 11 is 0. The first-order valence-corrected chi connectivity index (χ1v) is 6.68. The summed E-state index contributed by atoms with van der Waals surface area (Å²) in [6, 6.07) is 11.4. The molecule has 24 heavy (non-hydrogen) atoms. The minimum absolute atomic E-state index is 0.0113. The third-order valence-electron chi connectivity index (χ3n) is 3.64. The zero-order valence-electron chi connectivity index (χ0n) is 12.0. The molecular formula is C17H7N3O4. The molecule has 0 atom stereocenters. The molecular weight excluding hydrogens is 310 g/mol. The summed E-state index contributed by atoms with van der Waals surface area (Å²) in [5.74, 6) is -2.49. The van der Waals surface area contributed by atoms with Crippen LogP contribution < -0.4 is 4.90 Å². The second-order valence-corrected chi connectivity index (χ2v) is 4.96. The van der Waals surface area contributed by atoms with Gasteiger partial charge in [0.15, 0.2) is 0 Å². The molecule has 0 bridgehead atoms. The van der Waals surface area contributed by atoms with Crippen molar-refractivity contribution in [1.82, 2.24) is 0 Å². The van der Waals surface area contributed by atoms with Crippen LogP contribution in [0.3, 0.4) is 0 Å². The highest BCUT2D eigenvalue weighted by Gasteiger charge is 2.37. The lowest BCUT2D eigenvalue weighted by Crippen LogP contribution is -2.29. The Balaban J connectivity index is 2.11. The summed E-state index contributed by atoms with van der Waals surface area (Å²) in [4.78, 5) is 36.8. The lowest BCUT2D eigenvalue weighted by atomic mass is 10.1. The van der Waals surface area contributed by atoms with Gasteiger partial charge in [-0.15, -0.1) is 0 Å². The first-order valence-electron chi connectivity index (χ1n) is 6.68. The smallest absolute Gasteiger partial charge is 0.335 e. The number of hydrogen-bond donors (Lipinski definition) is 1. The van der Waals surface area contributed by atoms with Gasteiger partial charge in [0.25, 0.3) is 11.8 Å². The van der Waals surface area contributed by atoms with Crippen LogP contribution in [0.5, 0.6) is 0 Å². The van der Waals surface area contributed by atoms with E-state index < -0.39 is 17.8 Å². The van der Waals surface area contributed by atoms with Crippen molar-refractivity contribution in [1.29, 1.82) is 10.5 Å². The van der Waals surface area contributed by atoms with Gasteiger partial charge in [0.1, 0.15) is 12.1 Å². The Bertz CT molecular complexity index is 1010. The lowest BCUT2D eigenvalue weighted by molar-refractivity contribution is 0.0696. The zero-order valence-corrected chi connectivity index (χ0v) is 12.0. The highest BCUT2D eigenvalue weighted by atomic mass is 16.4. The molecule has 1 heterocycles. The van der Waals surface area contributed by atoms with Crippen molar-refractivity contribution >= 4 is 23.5 Å². The summed E-state index contributed by atoms with van der Waals surface area (Å²) < 4.78 is 0. The summed E-state index contributed by atoms with van der Waals surface area (Å²) in [6.07, 6.45) is 0. The van der Waals surface area contributed by atoms with Crippen molar-refractivity contribution in [2.24, 2.45) is 0 Å². The van der Waals surface area contributed by atoms with E-state index in [2.05, 4.69) is 0 Å². The molecule has 2 aromatic rings. The Hall–Kier alpha value is -3.97. The number of anilines is 1. The molecule has 0 saturated carbocycles. The molecule has 0 saturated heterocycles. The fraction of sp³-hybridized carbons (Fsp3) is 0. The molecule has 0 aromatic heterocycles. The number of hydrogen-bond acceptors (Lipinski definition) is 5. The monoisotopic (exact) mass is 317 g/mol. The van der Waals surface area contributed by atoms with Gasteiger partial charge >= 0.3 is 5.97 Å². The van der Waals surface area contributed by atoms with Crippen molar-refractivity contribution in [3.05, 3.63) is 64.2 Å². The standard InChI is InChI=1S/C17H7N3O4/c18-7-10-1-3-12(5-11(10)8-19)20-15(21)13-4-2-9(17(23)24)6-14(13)16(20)22/h1-6H,(H,23,24). The molecule has 114 valence electrons. The van der Waals surface area contributed by atoms with Gasteiger partial charge in [-0.3, -0.25) is 9.59 Å². The minimum atomic E-state index is -1.21. The maximum absolute atomic E-state index is 12.5. The summed E-state index contributed by atoms with van der Waals surface area (Å²) in [6.45, 7) is 0. The molecule has 1 aliphatic rings. The Morgan fingerprint density at radius 3 is 2.21 bits per heavy atom. The predicted molar refractivity (Wildman–Crippen MR) is 80.4 cm³/mol. The van der Waals surface area contributed by atoms with Crippen LogP contribution in [0.25, 0.3) is 0 Å². The van der Waals surface area contributed by atoms with Gasteiger partial charge in [0.05, 0.1) is 33.5 Å². The quantitative estimate of drug-likeness (QED) is 0.844. The van der Waals surface area contributed by atoms with Gasteiger partial charge in [0, 0.05) is 0 Å². The molecule has 0 unspecified atom stereocenters. The van der Waals surface area contributed by atoms with E-state index in [1.807, 2.05) is 12.1 Å². The van der Waals surface area contributed by atoms with Crippen LogP contribution in [-0.4, -0.2) is 22.9 Å². The number of rotatable bonds is 2. The van der Waals surface area contributed by atoms with Crippen molar-refractivity contribution in [3.63, 3.8) is 0 Å². The number of carbonyl (C=O) groups excluding carboxylic acids is 2. The van der Waals surface area contributed by atoms with E-state index in [0.29, 0.717) is 0 Å². The van der Waals surface area contributed by atoms with E-state index in [1.54, 1.807) is 0 Å². The van der Waals surface area contributed by atoms with Gasteiger partial charge in [-0.05, 0) is 36.4 Å². The van der Waals surface area contributed by atoms with Crippen molar-refractivity contribution in [2.45, 2.75) is 0 Å². The number of carboxylic acid groups (broad SMARTS) is 1. The number of amides is 2. The predicted octanol–water partition coefficient (Wildman–Crippen LogP) is 1.93. The van der Waals surface area contributed by atoms with Crippen LogP contribution in [0.4, 0.5) is 5.69 Å². The highest BCUT2D eigenvalue weighted by Crippen LogP contribution is 2.30. The lowest BCUT2D eigenvalue weighted by Gasteiger charge is -2.14. The number of imide groups is 1. The van der Waals surface area contributed by atoms with Crippen LogP contribution in [0.2, 0.25) is 0 Å². The highest BCUT2D eigenvalue weighted by molar-refractivity contribution is 6.34.